The second-order valence-corrected chi connectivity index (χ2v) is 11.0. The molecule has 15 heteroatoms. The van der Waals surface area contributed by atoms with E-state index < -0.39 is 68.5 Å². The molecule has 1 amide bonds. The Morgan fingerprint density at radius 3 is 2.23 bits per heavy atom. The van der Waals surface area contributed by atoms with Gasteiger partial charge in [-0.25, -0.2) is 17.8 Å². The number of benzene rings is 2. The second-order valence-electron chi connectivity index (χ2n) is 9.22. The fraction of sp³-hybridized carbons (Fsp3) is 0.440. The van der Waals surface area contributed by atoms with Crippen LogP contribution in [0.1, 0.15) is 37.3 Å². The lowest BCUT2D eigenvalue weighted by Crippen LogP contribution is -2.54. The summed E-state index contributed by atoms with van der Waals surface area (Å²) in [5.41, 5.74) is -7.35. The number of hydrogen-bond donors (Lipinski definition) is 2. The van der Waals surface area contributed by atoms with Gasteiger partial charge in [0, 0.05) is 17.7 Å². The highest BCUT2D eigenvalue weighted by atomic mass is 32.2. The van der Waals surface area contributed by atoms with Crippen molar-refractivity contribution in [2.45, 2.75) is 61.5 Å². The Morgan fingerprint density at radius 1 is 1.10 bits per heavy atom. The Morgan fingerprint density at radius 2 is 1.70 bits per heavy atom. The summed E-state index contributed by atoms with van der Waals surface area (Å²) in [6.45, 7) is 1.44. The van der Waals surface area contributed by atoms with Crippen molar-refractivity contribution in [3.05, 3.63) is 59.4 Å². The summed E-state index contributed by atoms with van der Waals surface area (Å²) in [6.07, 6.45) is -11.6. The van der Waals surface area contributed by atoms with E-state index >= 15 is 0 Å². The van der Waals surface area contributed by atoms with Crippen LogP contribution in [0.2, 0.25) is 0 Å². The molecule has 2 unspecified atom stereocenters. The first kappa shape index (κ1) is 31.5. The SMILES string of the molecule is CCC(C=NC(=O)CC1CCc2cc(C(O)(C(F)(F)F)C(F)(F)F)ccc2N1S(=O)(=O)c1ccc(F)cc1)CO. The minimum absolute atomic E-state index is 0.203. The molecule has 7 nitrogen and oxygen atoms in total. The van der Waals surface area contributed by atoms with Crippen molar-refractivity contribution in [2.24, 2.45) is 10.9 Å². The lowest BCUT2D eigenvalue weighted by Gasteiger charge is -2.39. The van der Waals surface area contributed by atoms with Crippen LogP contribution >= 0.6 is 0 Å². The number of aryl methyl sites for hydroxylation is 1. The van der Waals surface area contributed by atoms with Crippen LogP contribution < -0.4 is 4.31 Å². The molecule has 1 aliphatic rings. The number of amides is 1. The molecule has 1 heterocycles. The number of hydrogen-bond acceptors (Lipinski definition) is 5. The first-order chi connectivity index (χ1) is 18.5. The van der Waals surface area contributed by atoms with Crippen LogP contribution in [0.15, 0.2) is 52.4 Å². The summed E-state index contributed by atoms with van der Waals surface area (Å²) >= 11 is 0. The summed E-state index contributed by atoms with van der Waals surface area (Å²) in [5, 5.41) is 19.1. The maximum Gasteiger partial charge on any atom is 0.430 e. The van der Waals surface area contributed by atoms with Crippen LogP contribution in [0.5, 0.6) is 0 Å². The number of aliphatic imine (C=N–C) groups is 1. The highest BCUT2D eigenvalue weighted by molar-refractivity contribution is 7.92. The molecule has 220 valence electrons. The predicted octanol–water partition coefficient (Wildman–Crippen LogP) is 4.65. The largest absolute Gasteiger partial charge is 0.430 e. The number of alkyl halides is 6. The van der Waals surface area contributed by atoms with Gasteiger partial charge in [0.15, 0.2) is 0 Å². The summed E-state index contributed by atoms with van der Waals surface area (Å²) in [7, 11) is -4.62. The molecular formula is C25H25F7N2O5S. The monoisotopic (exact) mass is 598 g/mol. The van der Waals surface area contributed by atoms with Crippen molar-refractivity contribution in [3.63, 3.8) is 0 Å². The van der Waals surface area contributed by atoms with Crippen molar-refractivity contribution in [1.82, 2.24) is 0 Å². The third-order valence-corrected chi connectivity index (χ3v) is 8.48. The van der Waals surface area contributed by atoms with E-state index in [-0.39, 0.29) is 30.7 Å². The lowest BCUT2D eigenvalue weighted by atomic mass is 9.87. The zero-order valence-electron chi connectivity index (χ0n) is 20.9. The minimum atomic E-state index is -6.15. The van der Waals surface area contributed by atoms with E-state index in [1.165, 1.54) is 6.21 Å². The Labute approximate surface area is 225 Å². The maximum absolute atomic E-state index is 13.6. The molecule has 40 heavy (non-hydrogen) atoms. The first-order valence-electron chi connectivity index (χ1n) is 11.9. The standard InChI is InChI=1S/C25H25F7N2O5S/c1-2-15(14-35)13-33-22(36)12-19-7-3-16-11-17(23(37,24(27,28)29)25(30,31)32)4-10-21(16)34(19)40(38,39)20-8-5-18(26)6-9-20/h4-6,8-11,13,15,19,35,37H,2-3,7,12,14H2,1H3. The van der Waals surface area contributed by atoms with Gasteiger partial charge in [0.1, 0.15) is 5.82 Å². The normalized spacial score (nSPS) is 17.6. The predicted molar refractivity (Wildman–Crippen MR) is 130 cm³/mol. The molecule has 2 aromatic carbocycles. The van der Waals surface area contributed by atoms with Gasteiger partial charge in [-0.15, -0.1) is 0 Å². The zero-order valence-corrected chi connectivity index (χ0v) is 21.7. The average molecular weight is 599 g/mol. The van der Waals surface area contributed by atoms with E-state index in [1.54, 1.807) is 6.92 Å². The van der Waals surface area contributed by atoms with Gasteiger partial charge in [0.05, 0.1) is 29.7 Å². The number of carbonyl (C=O) groups is 1. The smallest absolute Gasteiger partial charge is 0.396 e. The molecule has 2 aromatic rings. The number of sulfonamides is 1. The maximum atomic E-state index is 13.6. The topological polar surface area (TPSA) is 107 Å². The van der Waals surface area contributed by atoms with Crippen molar-refractivity contribution < 1.29 is 54.2 Å². The zero-order chi connectivity index (χ0) is 30.1. The fourth-order valence-corrected chi connectivity index (χ4v) is 6.02. The van der Waals surface area contributed by atoms with Crippen LogP contribution in [0, 0.1) is 11.7 Å². The lowest BCUT2D eigenvalue weighted by molar-refractivity contribution is -0.376. The number of aliphatic hydroxyl groups excluding tert-OH is 1. The van der Waals surface area contributed by atoms with Gasteiger partial charge in [0.2, 0.25) is 5.91 Å². The van der Waals surface area contributed by atoms with Crippen LogP contribution in [-0.2, 0) is 26.8 Å². The van der Waals surface area contributed by atoms with Gasteiger partial charge in [0.25, 0.3) is 15.6 Å². The number of rotatable bonds is 8. The molecule has 0 aliphatic carbocycles. The first-order valence-corrected chi connectivity index (χ1v) is 13.4. The molecule has 2 N–H and O–H groups in total. The number of halogens is 7. The molecule has 0 aromatic heterocycles. The van der Waals surface area contributed by atoms with E-state index in [0.717, 1.165) is 24.3 Å². The number of nitrogens with zero attached hydrogens (tertiary/aromatic N) is 2. The van der Waals surface area contributed by atoms with E-state index in [4.69, 9.17) is 0 Å². The van der Waals surface area contributed by atoms with Crippen molar-refractivity contribution in [2.75, 3.05) is 10.9 Å². The Balaban J connectivity index is 2.13. The molecule has 0 fully saturated rings. The van der Waals surface area contributed by atoms with Crippen molar-refractivity contribution in [3.8, 4) is 0 Å². The van der Waals surface area contributed by atoms with Gasteiger partial charge >= 0.3 is 12.4 Å². The van der Waals surface area contributed by atoms with Crippen LogP contribution in [0.25, 0.3) is 0 Å². The van der Waals surface area contributed by atoms with Crippen LogP contribution in [0.3, 0.4) is 0 Å². The van der Waals surface area contributed by atoms with Gasteiger partial charge in [-0.1, -0.05) is 19.1 Å². The summed E-state index contributed by atoms with van der Waals surface area (Å²) in [5.74, 6) is -1.98. The van der Waals surface area contributed by atoms with E-state index in [2.05, 4.69) is 4.99 Å². The van der Waals surface area contributed by atoms with Gasteiger partial charge < -0.3 is 10.2 Å². The van der Waals surface area contributed by atoms with E-state index in [9.17, 15) is 54.2 Å². The number of aliphatic hydroxyl groups is 2. The molecule has 0 bridgehead atoms. The summed E-state index contributed by atoms with van der Waals surface area (Å²) in [6, 6.07) is 3.83. The van der Waals surface area contributed by atoms with Crippen LogP contribution in [-0.4, -0.2) is 55.8 Å². The molecule has 0 spiro atoms. The van der Waals surface area contributed by atoms with Crippen molar-refractivity contribution in [1.29, 1.82) is 0 Å². The van der Waals surface area contributed by atoms with Gasteiger partial charge in [-0.3, -0.25) is 9.10 Å². The molecule has 1 aliphatic heterocycles. The van der Waals surface area contributed by atoms with E-state index in [0.29, 0.717) is 28.9 Å². The highest BCUT2D eigenvalue weighted by Crippen LogP contribution is 2.51. The van der Waals surface area contributed by atoms with Crippen LogP contribution in [0.4, 0.5) is 36.4 Å². The second kappa shape index (κ2) is 11.4. The third-order valence-electron chi connectivity index (χ3n) is 6.60. The molecule has 0 radical (unpaired) electrons. The highest BCUT2D eigenvalue weighted by Gasteiger charge is 2.71. The Kier molecular flexibility index (Phi) is 9.01. The van der Waals surface area contributed by atoms with E-state index in [1.807, 2.05) is 0 Å². The summed E-state index contributed by atoms with van der Waals surface area (Å²) < 4.78 is 122. The summed E-state index contributed by atoms with van der Waals surface area (Å²) in [4.78, 5) is 15.9. The molecule has 0 saturated carbocycles. The van der Waals surface area contributed by atoms with Crippen molar-refractivity contribution >= 4 is 27.8 Å². The quantitative estimate of drug-likeness (QED) is 0.340. The minimum Gasteiger partial charge on any atom is -0.396 e. The average Bonchev–Trinajstić information content (AvgIpc) is 2.87. The number of fused-ring (bicyclic) bond motifs is 1. The molecule has 3 rings (SSSR count). The fourth-order valence-electron chi connectivity index (χ4n) is 4.31. The molecule has 0 saturated heterocycles. The van der Waals surface area contributed by atoms with Gasteiger partial charge in [-0.05, 0) is 55.2 Å². The molecule has 2 atom stereocenters. The number of anilines is 1. The number of carbonyl (C=O) groups excluding carboxylic acids is 1. The Bertz CT molecular complexity index is 1340. The molecular weight excluding hydrogens is 573 g/mol. The third kappa shape index (κ3) is 6.00. The van der Waals surface area contributed by atoms with Gasteiger partial charge in [-0.2, -0.15) is 26.3 Å². The Hall–Kier alpha value is -3.04.